The molecule has 3 heteroatoms. The van der Waals surface area contributed by atoms with E-state index in [-0.39, 0.29) is 17.7 Å². The molecule has 1 saturated heterocycles. The van der Waals surface area contributed by atoms with Crippen molar-refractivity contribution >= 4 is 5.97 Å². The molecule has 1 atom stereocenters. The summed E-state index contributed by atoms with van der Waals surface area (Å²) in [6.45, 7) is 0. The van der Waals surface area contributed by atoms with Gasteiger partial charge in [-0.15, -0.1) is 0 Å². The second-order valence-corrected chi connectivity index (χ2v) is 2.94. The Morgan fingerprint density at radius 3 is 2.70 bits per heavy atom. The molecule has 1 aliphatic carbocycles. The van der Waals surface area contributed by atoms with Crippen molar-refractivity contribution in [3.8, 4) is 0 Å². The molecule has 3 nitrogen and oxygen atoms in total. The van der Waals surface area contributed by atoms with Crippen LogP contribution in [-0.4, -0.2) is 24.8 Å². The largest absolute Gasteiger partial charge is 0.467 e. The van der Waals surface area contributed by atoms with Crippen LogP contribution in [0, 0.1) is 0 Å². The lowest BCUT2D eigenvalue weighted by Crippen LogP contribution is -2.28. The van der Waals surface area contributed by atoms with Crippen molar-refractivity contribution in [2.45, 2.75) is 31.0 Å². The summed E-state index contributed by atoms with van der Waals surface area (Å²) in [5.41, 5.74) is -0.0624. The first kappa shape index (κ1) is 6.16. The van der Waals surface area contributed by atoms with Gasteiger partial charge in [0, 0.05) is 0 Å². The molecule has 1 heterocycles. The van der Waals surface area contributed by atoms with Gasteiger partial charge < -0.3 is 9.47 Å². The molecule has 1 saturated carbocycles. The third kappa shape index (κ3) is 0.611. The van der Waals surface area contributed by atoms with Gasteiger partial charge in [0.05, 0.1) is 7.11 Å². The Hall–Kier alpha value is -0.570. The van der Waals surface area contributed by atoms with Crippen LogP contribution >= 0.6 is 0 Å². The minimum atomic E-state index is -0.230. The third-order valence-corrected chi connectivity index (χ3v) is 2.39. The lowest BCUT2D eigenvalue weighted by molar-refractivity contribution is -0.142. The predicted octanol–water partition coefficient (Wildman–Crippen LogP) is 0.481. The van der Waals surface area contributed by atoms with Crippen LogP contribution in [0.4, 0.5) is 0 Å². The minimum absolute atomic E-state index is 0.0624. The maximum Gasteiger partial charge on any atom is 0.338 e. The van der Waals surface area contributed by atoms with Crippen LogP contribution < -0.4 is 0 Å². The Morgan fingerprint density at radius 2 is 2.40 bits per heavy atom. The van der Waals surface area contributed by atoms with Crippen molar-refractivity contribution in [2.24, 2.45) is 0 Å². The molecule has 0 bridgehead atoms. The van der Waals surface area contributed by atoms with Crippen LogP contribution in [0.15, 0.2) is 0 Å². The fraction of sp³-hybridized carbons (Fsp3) is 0.857. The zero-order valence-corrected chi connectivity index (χ0v) is 5.92. The molecule has 2 rings (SSSR count). The van der Waals surface area contributed by atoms with Gasteiger partial charge in [-0.3, -0.25) is 0 Å². The van der Waals surface area contributed by atoms with Crippen molar-refractivity contribution in [3.63, 3.8) is 0 Å². The molecule has 2 fully saturated rings. The van der Waals surface area contributed by atoms with Crippen LogP contribution in [0.2, 0.25) is 0 Å². The Bertz CT molecular complexity index is 172. The minimum Gasteiger partial charge on any atom is -0.467 e. The number of carbonyl (C=O) groups excluding carboxylic acids is 1. The summed E-state index contributed by atoms with van der Waals surface area (Å²) in [5.74, 6) is -0.209. The Kier molecular flexibility index (Phi) is 1.06. The molecule has 1 aliphatic heterocycles. The van der Waals surface area contributed by atoms with E-state index in [2.05, 4.69) is 4.74 Å². The molecule has 0 aromatic carbocycles. The molecule has 0 radical (unpaired) electrons. The van der Waals surface area contributed by atoms with E-state index in [4.69, 9.17) is 4.74 Å². The quantitative estimate of drug-likeness (QED) is 0.395. The van der Waals surface area contributed by atoms with Crippen LogP contribution in [-0.2, 0) is 14.3 Å². The Labute approximate surface area is 59.3 Å². The standard InChI is InChI=1S/C7H10O3/c1-9-6(8)5-7(10-5)3-2-4-7/h5H,2-4H2,1H3. The Balaban J connectivity index is 1.94. The summed E-state index contributed by atoms with van der Waals surface area (Å²) >= 11 is 0. The number of epoxide rings is 1. The highest BCUT2D eigenvalue weighted by atomic mass is 16.7. The van der Waals surface area contributed by atoms with Gasteiger partial charge in [0.15, 0.2) is 6.10 Å². The van der Waals surface area contributed by atoms with Gasteiger partial charge in [-0.05, 0) is 19.3 Å². The third-order valence-electron chi connectivity index (χ3n) is 2.39. The molecule has 0 aromatic rings. The van der Waals surface area contributed by atoms with E-state index in [1.165, 1.54) is 13.5 Å². The summed E-state index contributed by atoms with van der Waals surface area (Å²) in [6, 6.07) is 0. The lowest BCUT2D eigenvalue weighted by Gasteiger charge is -2.20. The molecule has 2 aliphatic rings. The summed E-state index contributed by atoms with van der Waals surface area (Å²) < 4.78 is 9.76. The highest BCUT2D eigenvalue weighted by molar-refractivity contribution is 5.79. The first-order valence-electron chi connectivity index (χ1n) is 3.54. The first-order chi connectivity index (χ1) is 4.78. The molecule has 1 spiro atoms. The summed E-state index contributed by atoms with van der Waals surface area (Å²) in [4.78, 5) is 10.8. The fourth-order valence-corrected chi connectivity index (χ4v) is 1.48. The predicted molar refractivity (Wildman–Crippen MR) is 33.5 cm³/mol. The van der Waals surface area contributed by atoms with Gasteiger partial charge in [-0.2, -0.15) is 0 Å². The number of hydrogen-bond donors (Lipinski definition) is 0. The molecule has 10 heavy (non-hydrogen) atoms. The monoisotopic (exact) mass is 142 g/mol. The zero-order chi connectivity index (χ0) is 7.19. The molecule has 0 amide bonds. The average molecular weight is 142 g/mol. The number of esters is 1. The lowest BCUT2D eigenvalue weighted by atomic mass is 9.82. The average Bonchev–Trinajstić information content (AvgIpc) is 2.59. The van der Waals surface area contributed by atoms with Crippen molar-refractivity contribution in [1.82, 2.24) is 0 Å². The number of ether oxygens (including phenoxy) is 2. The molecular weight excluding hydrogens is 132 g/mol. The fourth-order valence-electron chi connectivity index (χ4n) is 1.48. The molecule has 0 aromatic heterocycles. The maximum absolute atomic E-state index is 10.8. The first-order valence-corrected chi connectivity index (χ1v) is 3.54. The maximum atomic E-state index is 10.8. The second-order valence-electron chi connectivity index (χ2n) is 2.94. The van der Waals surface area contributed by atoms with Crippen molar-refractivity contribution < 1.29 is 14.3 Å². The highest BCUT2D eigenvalue weighted by Crippen LogP contribution is 2.52. The Morgan fingerprint density at radius 1 is 1.70 bits per heavy atom. The van der Waals surface area contributed by atoms with Gasteiger partial charge in [-0.1, -0.05) is 0 Å². The van der Waals surface area contributed by atoms with Crippen LogP contribution in [0.3, 0.4) is 0 Å². The van der Waals surface area contributed by atoms with E-state index >= 15 is 0 Å². The van der Waals surface area contributed by atoms with E-state index in [1.807, 2.05) is 0 Å². The van der Waals surface area contributed by atoms with Crippen molar-refractivity contribution in [1.29, 1.82) is 0 Å². The molecule has 1 unspecified atom stereocenters. The van der Waals surface area contributed by atoms with Gasteiger partial charge >= 0.3 is 5.97 Å². The molecule has 0 N–H and O–H groups in total. The van der Waals surface area contributed by atoms with Crippen molar-refractivity contribution in [3.05, 3.63) is 0 Å². The second kappa shape index (κ2) is 1.72. The number of methoxy groups -OCH3 is 1. The number of carbonyl (C=O) groups is 1. The van der Waals surface area contributed by atoms with Gasteiger partial charge in [-0.25, -0.2) is 4.79 Å². The van der Waals surface area contributed by atoms with Gasteiger partial charge in [0.2, 0.25) is 0 Å². The topological polar surface area (TPSA) is 38.8 Å². The van der Waals surface area contributed by atoms with E-state index in [1.54, 1.807) is 0 Å². The van der Waals surface area contributed by atoms with Gasteiger partial charge in [0.1, 0.15) is 5.60 Å². The summed E-state index contributed by atoms with van der Waals surface area (Å²) in [7, 11) is 1.40. The van der Waals surface area contributed by atoms with Crippen LogP contribution in [0.5, 0.6) is 0 Å². The summed E-state index contributed by atoms with van der Waals surface area (Å²) in [5, 5.41) is 0. The van der Waals surface area contributed by atoms with Gasteiger partial charge in [0.25, 0.3) is 0 Å². The smallest absolute Gasteiger partial charge is 0.338 e. The number of hydrogen-bond acceptors (Lipinski definition) is 3. The van der Waals surface area contributed by atoms with Crippen molar-refractivity contribution in [2.75, 3.05) is 7.11 Å². The highest BCUT2D eigenvalue weighted by Gasteiger charge is 2.64. The molecule has 56 valence electrons. The normalized spacial score (nSPS) is 33.1. The van der Waals surface area contributed by atoms with Crippen LogP contribution in [0.1, 0.15) is 19.3 Å². The molecular formula is C7H10O3. The van der Waals surface area contributed by atoms with E-state index in [9.17, 15) is 4.79 Å². The van der Waals surface area contributed by atoms with E-state index in [0.29, 0.717) is 0 Å². The zero-order valence-electron chi connectivity index (χ0n) is 5.92. The van der Waals surface area contributed by atoms with E-state index in [0.717, 1.165) is 12.8 Å². The number of rotatable bonds is 1. The van der Waals surface area contributed by atoms with Crippen LogP contribution in [0.25, 0.3) is 0 Å². The van der Waals surface area contributed by atoms with E-state index < -0.39 is 0 Å². The summed E-state index contributed by atoms with van der Waals surface area (Å²) in [6.07, 6.45) is 3.03. The SMILES string of the molecule is COC(=O)C1OC12CCC2.